The van der Waals surface area contributed by atoms with Gasteiger partial charge in [0.2, 0.25) is 0 Å². The number of rotatable bonds is 9. The molecule has 0 aliphatic rings. The average Bonchev–Trinajstić information content (AvgIpc) is 2.83. The first-order valence-electron chi connectivity index (χ1n) is 10.4. The molecular formula is C26H25FN2O3. The van der Waals surface area contributed by atoms with Crippen LogP contribution in [0.25, 0.3) is 10.9 Å². The fourth-order valence-electron chi connectivity index (χ4n) is 3.48. The molecule has 0 saturated carbocycles. The summed E-state index contributed by atoms with van der Waals surface area (Å²) in [5.74, 6) is 2.46. The number of aryl methyl sites for hydroxylation is 1. The number of hydrogen-bond acceptors (Lipinski definition) is 5. The van der Waals surface area contributed by atoms with Crippen molar-refractivity contribution >= 4 is 16.6 Å². The van der Waals surface area contributed by atoms with Crippen molar-refractivity contribution < 1.29 is 18.6 Å². The number of pyridine rings is 1. The standard InChI is InChI=1S/C26H25FN2O3/c1-30-25-16-22-23(17-26(25)31-2)29-15-13-24(22)32-21-11-9-20(10-12-21)28-14-3-4-18-5-7-19(27)8-6-18/h5-13,15-17,28H,3-4,14H2,1-2H3. The molecule has 0 fully saturated rings. The molecular weight excluding hydrogens is 407 g/mol. The van der Waals surface area contributed by atoms with E-state index >= 15 is 0 Å². The van der Waals surface area contributed by atoms with Crippen LogP contribution in [0.3, 0.4) is 0 Å². The monoisotopic (exact) mass is 432 g/mol. The Bertz CT molecular complexity index is 1180. The van der Waals surface area contributed by atoms with Crippen molar-refractivity contribution in [3.63, 3.8) is 0 Å². The van der Waals surface area contributed by atoms with E-state index < -0.39 is 0 Å². The van der Waals surface area contributed by atoms with Crippen molar-refractivity contribution in [1.82, 2.24) is 4.98 Å². The molecule has 1 N–H and O–H groups in total. The van der Waals surface area contributed by atoms with Crippen molar-refractivity contribution in [2.75, 3.05) is 26.1 Å². The summed E-state index contributed by atoms with van der Waals surface area (Å²) in [5.41, 5.74) is 2.91. The van der Waals surface area contributed by atoms with E-state index in [4.69, 9.17) is 14.2 Å². The summed E-state index contributed by atoms with van der Waals surface area (Å²) in [6.45, 7) is 0.828. The smallest absolute Gasteiger partial charge is 0.162 e. The third-order valence-electron chi connectivity index (χ3n) is 5.17. The van der Waals surface area contributed by atoms with Crippen LogP contribution in [0.15, 0.2) is 72.9 Å². The van der Waals surface area contributed by atoms with Crippen molar-refractivity contribution in [3.05, 3.63) is 84.3 Å². The topological polar surface area (TPSA) is 52.6 Å². The SMILES string of the molecule is COc1cc2nccc(Oc3ccc(NCCCc4ccc(F)cc4)cc3)c2cc1OC. The number of halogens is 1. The number of benzene rings is 3. The maximum Gasteiger partial charge on any atom is 0.162 e. The number of ether oxygens (including phenoxy) is 3. The summed E-state index contributed by atoms with van der Waals surface area (Å²) >= 11 is 0. The average molecular weight is 432 g/mol. The Hall–Kier alpha value is -3.80. The van der Waals surface area contributed by atoms with E-state index in [1.165, 1.54) is 12.1 Å². The molecule has 0 saturated heterocycles. The molecule has 0 aliphatic heterocycles. The summed E-state index contributed by atoms with van der Waals surface area (Å²) in [4.78, 5) is 4.41. The van der Waals surface area contributed by atoms with Gasteiger partial charge in [0.05, 0.1) is 19.7 Å². The molecule has 0 amide bonds. The van der Waals surface area contributed by atoms with Crippen LogP contribution in [0.5, 0.6) is 23.0 Å². The maximum atomic E-state index is 13.0. The Morgan fingerprint density at radius 3 is 2.28 bits per heavy atom. The minimum absolute atomic E-state index is 0.201. The lowest BCUT2D eigenvalue weighted by Crippen LogP contribution is -2.02. The molecule has 164 valence electrons. The number of anilines is 1. The van der Waals surface area contributed by atoms with Crippen LogP contribution in [-0.2, 0) is 6.42 Å². The van der Waals surface area contributed by atoms with Crippen LogP contribution in [0.1, 0.15) is 12.0 Å². The molecule has 0 bridgehead atoms. The van der Waals surface area contributed by atoms with E-state index in [1.54, 1.807) is 20.4 Å². The van der Waals surface area contributed by atoms with Gasteiger partial charge in [-0.2, -0.15) is 0 Å². The Kier molecular flexibility index (Phi) is 6.70. The predicted octanol–water partition coefficient (Wildman–Crippen LogP) is 6.23. The fourth-order valence-corrected chi connectivity index (χ4v) is 3.48. The van der Waals surface area contributed by atoms with Gasteiger partial charge in [-0.25, -0.2) is 4.39 Å². The summed E-state index contributed by atoms with van der Waals surface area (Å²) in [5, 5.41) is 4.25. The van der Waals surface area contributed by atoms with E-state index in [9.17, 15) is 4.39 Å². The highest BCUT2D eigenvalue weighted by molar-refractivity contribution is 5.88. The van der Waals surface area contributed by atoms with Crippen LogP contribution in [0.2, 0.25) is 0 Å². The van der Waals surface area contributed by atoms with Gasteiger partial charge in [-0.15, -0.1) is 0 Å². The van der Waals surface area contributed by atoms with E-state index in [0.29, 0.717) is 17.2 Å². The van der Waals surface area contributed by atoms with E-state index in [-0.39, 0.29) is 5.82 Å². The number of fused-ring (bicyclic) bond motifs is 1. The second-order valence-electron chi connectivity index (χ2n) is 7.32. The van der Waals surface area contributed by atoms with Gasteiger partial charge < -0.3 is 19.5 Å². The summed E-state index contributed by atoms with van der Waals surface area (Å²) in [6.07, 6.45) is 3.57. The Morgan fingerprint density at radius 2 is 1.56 bits per heavy atom. The highest BCUT2D eigenvalue weighted by Crippen LogP contribution is 2.36. The number of aromatic nitrogens is 1. The minimum Gasteiger partial charge on any atom is -0.493 e. The van der Waals surface area contributed by atoms with Crippen molar-refractivity contribution in [2.45, 2.75) is 12.8 Å². The van der Waals surface area contributed by atoms with Crippen LogP contribution < -0.4 is 19.5 Å². The second kappa shape index (κ2) is 10.0. The number of methoxy groups -OCH3 is 2. The van der Waals surface area contributed by atoms with Gasteiger partial charge in [-0.3, -0.25) is 4.98 Å². The van der Waals surface area contributed by atoms with E-state index in [1.807, 2.05) is 54.6 Å². The maximum absolute atomic E-state index is 13.0. The largest absolute Gasteiger partial charge is 0.493 e. The third kappa shape index (κ3) is 5.09. The zero-order valence-corrected chi connectivity index (χ0v) is 18.1. The lowest BCUT2D eigenvalue weighted by atomic mass is 10.1. The second-order valence-corrected chi connectivity index (χ2v) is 7.32. The first-order valence-corrected chi connectivity index (χ1v) is 10.4. The lowest BCUT2D eigenvalue weighted by molar-refractivity contribution is 0.355. The molecule has 1 aromatic heterocycles. The van der Waals surface area contributed by atoms with E-state index in [0.717, 1.165) is 47.3 Å². The molecule has 5 nitrogen and oxygen atoms in total. The first-order chi connectivity index (χ1) is 15.7. The highest BCUT2D eigenvalue weighted by Gasteiger charge is 2.11. The summed E-state index contributed by atoms with van der Waals surface area (Å²) in [7, 11) is 3.20. The Labute approximate surface area is 186 Å². The zero-order valence-electron chi connectivity index (χ0n) is 18.1. The van der Waals surface area contributed by atoms with Crippen LogP contribution in [0, 0.1) is 5.82 Å². The van der Waals surface area contributed by atoms with Gasteiger partial charge in [0.1, 0.15) is 17.3 Å². The predicted molar refractivity (Wildman–Crippen MR) is 125 cm³/mol. The Balaban J connectivity index is 1.38. The normalized spacial score (nSPS) is 10.7. The van der Waals surface area contributed by atoms with Gasteiger partial charge in [0, 0.05) is 29.9 Å². The fraction of sp³-hybridized carbons (Fsp3) is 0.192. The van der Waals surface area contributed by atoms with Gasteiger partial charge in [0.25, 0.3) is 0 Å². The van der Waals surface area contributed by atoms with Gasteiger partial charge in [-0.05, 0) is 66.9 Å². The third-order valence-corrected chi connectivity index (χ3v) is 5.17. The highest BCUT2D eigenvalue weighted by atomic mass is 19.1. The molecule has 4 aromatic rings. The molecule has 0 unspecified atom stereocenters. The number of nitrogens with one attached hydrogen (secondary N) is 1. The molecule has 0 spiro atoms. The molecule has 3 aromatic carbocycles. The quantitative estimate of drug-likeness (QED) is 0.318. The number of hydrogen-bond donors (Lipinski definition) is 1. The van der Waals surface area contributed by atoms with Gasteiger partial charge in [0.15, 0.2) is 11.5 Å². The lowest BCUT2D eigenvalue weighted by Gasteiger charge is -2.13. The van der Waals surface area contributed by atoms with Crippen LogP contribution >= 0.6 is 0 Å². The Morgan fingerprint density at radius 1 is 0.844 bits per heavy atom. The van der Waals surface area contributed by atoms with Crippen molar-refractivity contribution in [2.24, 2.45) is 0 Å². The molecule has 6 heteroatoms. The van der Waals surface area contributed by atoms with Crippen molar-refractivity contribution in [3.8, 4) is 23.0 Å². The van der Waals surface area contributed by atoms with Gasteiger partial charge in [-0.1, -0.05) is 12.1 Å². The van der Waals surface area contributed by atoms with Crippen molar-refractivity contribution in [1.29, 1.82) is 0 Å². The summed E-state index contributed by atoms with van der Waals surface area (Å²) in [6, 6.07) is 20.0. The minimum atomic E-state index is -0.201. The first kappa shape index (κ1) is 21.4. The zero-order chi connectivity index (χ0) is 22.3. The molecule has 1 heterocycles. The molecule has 0 radical (unpaired) electrons. The molecule has 0 atom stereocenters. The number of nitrogens with zero attached hydrogens (tertiary/aromatic N) is 1. The van der Waals surface area contributed by atoms with Gasteiger partial charge >= 0.3 is 0 Å². The van der Waals surface area contributed by atoms with E-state index in [2.05, 4.69) is 10.3 Å². The van der Waals surface area contributed by atoms with Crippen LogP contribution in [-0.4, -0.2) is 25.7 Å². The van der Waals surface area contributed by atoms with Crippen LogP contribution in [0.4, 0.5) is 10.1 Å². The molecule has 32 heavy (non-hydrogen) atoms. The molecule has 0 aliphatic carbocycles. The molecule has 4 rings (SSSR count). The summed E-state index contributed by atoms with van der Waals surface area (Å²) < 4.78 is 29.9.